The molecule has 0 aromatic carbocycles. The summed E-state index contributed by atoms with van der Waals surface area (Å²) in [5, 5.41) is 0. The molecule has 0 spiro atoms. The summed E-state index contributed by atoms with van der Waals surface area (Å²) < 4.78 is 12.3. The number of rotatable bonds is 7. The molecular weight excluding hydrogens is 464 g/mol. The van der Waals surface area contributed by atoms with Crippen LogP contribution in [0.15, 0.2) is 11.6 Å². The smallest absolute Gasteiger partial charge is 0.306 e. The highest BCUT2D eigenvalue weighted by molar-refractivity contribution is 7.81. The van der Waals surface area contributed by atoms with Gasteiger partial charge in [-0.15, -0.1) is 0 Å². The summed E-state index contributed by atoms with van der Waals surface area (Å²) in [7, 11) is 0. The summed E-state index contributed by atoms with van der Waals surface area (Å²) in [5.41, 5.74) is -0.916. The van der Waals surface area contributed by atoms with E-state index in [9.17, 15) is 19.2 Å². The van der Waals surface area contributed by atoms with Crippen molar-refractivity contribution < 1.29 is 28.7 Å². The zero-order valence-corrected chi connectivity index (χ0v) is 22.5. The number of carbonyl (C=O) groups excluding carboxylic acids is 4. The van der Waals surface area contributed by atoms with Crippen LogP contribution in [0.3, 0.4) is 0 Å². The fourth-order valence-electron chi connectivity index (χ4n) is 8.26. The van der Waals surface area contributed by atoms with Crippen LogP contribution < -0.4 is 0 Å². The number of thiol groups is 1. The number of carbonyl (C=O) groups is 4. The lowest BCUT2D eigenvalue weighted by atomic mass is 9.45. The summed E-state index contributed by atoms with van der Waals surface area (Å²) in [6, 6.07) is 0. The monoisotopic (exact) mass is 504 g/mol. The second-order valence-electron chi connectivity index (χ2n) is 11.6. The van der Waals surface area contributed by atoms with Crippen LogP contribution in [0.25, 0.3) is 0 Å². The molecule has 4 aliphatic rings. The molecule has 0 amide bonds. The van der Waals surface area contributed by atoms with Gasteiger partial charge in [0, 0.05) is 30.6 Å². The van der Waals surface area contributed by atoms with Crippen LogP contribution in [0.1, 0.15) is 91.9 Å². The number of ether oxygens (including phenoxy) is 2. The SMILES string of the molecule is CCCC(=O)O[C@]1(C(=O)CS)CC[C@H]2[C@@H]3CCC4=CC(=O)CC[C@]4(C)[C@H]3[C@@H](OC(=O)CC)C[C@@]21C. The van der Waals surface area contributed by atoms with E-state index in [1.54, 1.807) is 6.92 Å². The van der Waals surface area contributed by atoms with E-state index < -0.39 is 17.1 Å². The van der Waals surface area contributed by atoms with Gasteiger partial charge in [-0.3, -0.25) is 19.2 Å². The van der Waals surface area contributed by atoms with Crippen LogP contribution in [0, 0.1) is 28.6 Å². The molecule has 0 aliphatic heterocycles. The Morgan fingerprint density at radius 2 is 1.83 bits per heavy atom. The van der Waals surface area contributed by atoms with Gasteiger partial charge < -0.3 is 9.47 Å². The molecule has 4 rings (SSSR count). The van der Waals surface area contributed by atoms with Crippen molar-refractivity contribution in [3.8, 4) is 0 Å². The highest BCUT2D eigenvalue weighted by atomic mass is 32.1. The molecule has 6 nitrogen and oxygen atoms in total. The number of esters is 2. The second-order valence-corrected chi connectivity index (χ2v) is 11.9. The van der Waals surface area contributed by atoms with Gasteiger partial charge in [-0.2, -0.15) is 12.6 Å². The van der Waals surface area contributed by atoms with Crippen molar-refractivity contribution in [1.82, 2.24) is 0 Å². The molecule has 35 heavy (non-hydrogen) atoms. The van der Waals surface area contributed by atoms with Crippen molar-refractivity contribution in [2.24, 2.45) is 28.6 Å². The van der Waals surface area contributed by atoms with Crippen molar-refractivity contribution in [3.05, 3.63) is 11.6 Å². The van der Waals surface area contributed by atoms with Crippen molar-refractivity contribution >= 4 is 36.1 Å². The van der Waals surface area contributed by atoms with E-state index in [1.165, 1.54) is 5.57 Å². The van der Waals surface area contributed by atoms with E-state index >= 15 is 0 Å². The summed E-state index contributed by atoms with van der Waals surface area (Å²) >= 11 is 4.32. The first-order valence-corrected chi connectivity index (χ1v) is 14.0. The second kappa shape index (κ2) is 9.68. The van der Waals surface area contributed by atoms with Crippen LogP contribution in [0.5, 0.6) is 0 Å². The maximum absolute atomic E-state index is 13.5. The first-order chi connectivity index (χ1) is 16.6. The molecule has 3 fully saturated rings. The van der Waals surface area contributed by atoms with Gasteiger partial charge in [0.2, 0.25) is 0 Å². The Bertz CT molecular complexity index is 942. The van der Waals surface area contributed by atoms with E-state index in [-0.39, 0.29) is 65.3 Å². The molecule has 4 aliphatic carbocycles. The zero-order chi connectivity index (χ0) is 25.6. The number of Topliss-reactive ketones (excluding diaryl/α,β-unsaturated/α-hetero) is 1. The predicted molar refractivity (Wildman–Crippen MR) is 135 cm³/mol. The minimum Gasteiger partial charge on any atom is -0.462 e. The van der Waals surface area contributed by atoms with E-state index in [4.69, 9.17) is 9.47 Å². The van der Waals surface area contributed by atoms with Crippen molar-refractivity contribution in [1.29, 1.82) is 0 Å². The van der Waals surface area contributed by atoms with Crippen LogP contribution in [0.4, 0.5) is 0 Å². The molecule has 0 aromatic rings. The minimum absolute atomic E-state index is 0.00192. The van der Waals surface area contributed by atoms with Gasteiger partial charge in [0.25, 0.3) is 0 Å². The largest absolute Gasteiger partial charge is 0.462 e. The van der Waals surface area contributed by atoms with E-state index in [1.807, 2.05) is 13.0 Å². The Kier molecular flexibility index (Phi) is 7.31. The van der Waals surface area contributed by atoms with Gasteiger partial charge in [-0.25, -0.2) is 0 Å². The number of hydrogen-bond donors (Lipinski definition) is 1. The standard InChI is InChI=1S/C28H40O6S/c1-5-7-24(32)34-28(22(30)16-35)13-11-20-19-9-8-17-14-18(29)10-12-26(17,3)25(19)21(15-27(20,28)4)33-23(31)6-2/h14,19-21,25,35H,5-13,15-16H2,1-4H3/t19-,20-,21-,25+,26-,27-,28-/m0/s1. The molecule has 7 atom stereocenters. The fourth-order valence-corrected chi connectivity index (χ4v) is 8.52. The molecule has 0 N–H and O–H groups in total. The Morgan fingerprint density at radius 3 is 2.49 bits per heavy atom. The first-order valence-electron chi connectivity index (χ1n) is 13.4. The van der Waals surface area contributed by atoms with Gasteiger partial charge in [-0.1, -0.05) is 33.3 Å². The summed E-state index contributed by atoms with van der Waals surface area (Å²) in [6.45, 7) is 8.02. The van der Waals surface area contributed by atoms with Crippen LogP contribution in [-0.2, 0) is 28.7 Å². The van der Waals surface area contributed by atoms with Gasteiger partial charge >= 0.3 is 11.9 Å². The Morgan fingerprint density at radius 1 is 1.09 bits per heavy atom. The van der Waals surface area contributed by atoms with Crippen molar-refractivity contribution in [3.63, 3.8) is 0 Å². The lowest BCUT2D eigenvalue weighted by Gasteiger charge is -2.61. The van der Waals surface area contributed by atoms with Crippen LogP contribution in [0.2, 0.25) is 0 Å². The third kappa shape index (κ3) is 4.10. The van der Waals surface area contributed by atoms with Crippen molar-refractivity contribution in [2.75, 3.05) is 5.75 Å². The quantitative estimate of drug-likeness (QED) is 0.387. The summed E-state index contributed by atoms with van der Waals surface area (Å²) in [4.78, 5) is 51.2. The highest BCUT2D eigenvalue weighted by Gasteiger charge is 2.71. The summed E-state index contributed by atoms with van der Waals surface area (Å²) in [5.74, 6) is -0.105. The van der Waals surface area contributed by atoms with Gasteiger partial charge in [0.1, 0.15) is 6.10 Å². The minimum atomic E-state index is -1.24. The predicted octanol–water partition coefficient (Wildman–Crippen LogP) is 5.03. The third-order valence-electron chi connectivity index (χ3n) is 9.90. The molecule has 0 aromatic heterocycles. The van der Waals surface area contributed by atoms with Crippen LogP contribution >= 0.6 is 12.6 Å². The van der Waals surface area contributed by atoms with Gasteiger partial charge in [0.05, 0.1) is 5.75 Å². The number of ketones is 2. The highest BCUT2D eigenvalue weighted by Crippen LogP contribution is 2.69. The topological polar surface area (TPSA) is 86.7 Å². The molecule has 0 bridgehead atoms. The molecule has 3 saturated carbocycles. The average Bonchev–Trinajstić information content (AvgIpc) is 3.11. The number of fused-ring (bicyclic) bond motifs is 5. The van der Waals surface area contributed by atoms with E-state index in [0.717, 1.165) is 25.7 Å². The lowest BCUT2D eigenvalue weighted by Crippen LogP contribution is -2.63. The molecule has 194 valence electrons. The Labute approximate surface area is 214 Å². The lowest BCUT2D eigenvalue weighted by molar-refractivity contribution is -0.207. The molecule has 7 heteroatoms. The number of allylic oxidation sites excluding steroid dienone is 1. The fraction of sp³-hybridized carbons (Fsp3) is 0.786. The van der Waals surface area contributed by atoms with Crippen LogP contribution in [-0.4, -0.2) is 41.0 Å². The molecule has 0 saturated heterocycles. The molecule has 0 radical (unpaired) electrons. The van der Waals surface area contributed by atoms with Crippen molar-refractivity contribution in [2.45, 2.75) is 104 Å². The maximum Gasteiger partial charge on any atom is 0.306 e. The summed E-state index contributed by atoms with van der Waals surface area (Å²) in [6.07, 6.45) is 7.37. The third-order valence-corrected chi connectivity index (χ3v) is 10.2. The Hall–Kier alpha value is -1.63. The molecular formula is C28H40O6S. The zero-order valence-electron chi connectivity index (χ0n) is 21.6. The van der Waals surface area contributed by atoms with Gasteiger partial charge in [-0.05, 0) is 68.3 Å². The van der Waals surface area contributed by atoms with E-state index in [0.29, 0.717) is 25.7 Å². The Balaban J connectivity index is 1.80. The first kappa shape index (κ1) is 26.4. The van der Waals surface area contributed by atoms with Gasteiger partial charge in [0.15, 0.2) is 17.2 Å². The molecule has 0 unspecified atom stereocenters. The van der Waals surface area contributed by atoms with E-state index in [2.05, 4.69) is 26.5 Å². The number of hydrogen-bond acceptors (Lipinski definition) is 7. The normalized spacial score (nSPS) is 40.1. The maximum atomic E-state index is 13.5. The molecule has 0 heterocycles. The average molecular weight is 505 g/mol.